The van der Waals surface area contributed by atoms with Crippen LogP contribution in [0.2, 0.25) is 0 Å². The van der Waals surface area contributed by atoms with Crippen LogP contribution in [0, 0.1) is 5.82 Å². The highest BCUT2D eigenvalue weighted by Crippen LogP contribution is 2.17. The van der Waals surface area contributed by atoms with Gasteiger partial charge in [-0.2, -0.15) is 0 Å². The minimum absolute atomic E-state index is 0.00451. The molecule has 0 aromatic heterocycles. The number of hydrogen-bond donors (Lipinski definition) is 1. The average molecular weight is 324 g/mol. The normalized spacial score (nSPS) is 13.6. The molecule has 17 heavy (non-hydrogen) atoms. The second-order valence-corrected chi connectivity index (χ2v) is 7.12. The third-order valence-corrected chi connectivity index (χ3v) is 3.89. The van der Waals surface area contributed by atoms with Gasteiger partial charge in [0, 0.05) is 16.8 Å². The van der Waals surface area contributed by atoms with Gasteiger partial charge in [-0.3, -0.25) is 0 Å². The maximum atomic E-state index is 13.5. The Morgan fingerprint density at radius 3 is 2.65 bits per heavy atom. The third-order valence-electron chi connectivity index (χ3n) is 2.39. The van der Waals surface area contributed by atoms with Crippen LogP contribution in [0.5, 0.6) is 0 Å². The van der Waals surface area contributed by atoms with Gasteiger partial charge in [-0.1, -0.05) is 15.9 Å². The summed E-state index contributed by atoms with van der Waals surface area (Å²) in [5.41, 5.74) is 0.502. The van der Waals surface area contributed by atoms with Crippen molar-refractivity contribution in [3.05, 3.63) is 34.1 Å². The van der Waals surface area contributed by atoms with Crippen LogP contribution in [0.1, 0.15) is 5.56 Å². The van der Waals surface area contributed by atoms with Crippen LogP contribution in [-0.2, 0) is 16.3 Å². The summed E-state index contributed by atoms with van der Waals surface area (Å²) in [6.45, 7) is 0. The van der Waals surface area contributed by atoms with E-state index >= 15 is 0 Å². The summed E-state index contributed by atoms with van der Waals surface area (Å²) in [6.07, 6.45) is 1.52. The van der Waals surface area contributed by atoms with Gasteiger partial charge in [0.1, 0.15) is 15.7 Å². The molecule has 0 fully saturated rings. The highest BCUT2D eigenvalue weighted by molar-refractivity contribution is 9.10. The number of rotatable bonds is 5. The second-order valence-electron chi connectivity index (χ2n) is 4.02. The minimum Gasteiger partial charge on any atom is -0.316 e. The van der Waals surface area contributed by atoms with Crippen molar-refractivity contribution in [1.82, 2.24) is 5.32 Å². The van der Waals surface area contributed by atoms with E-state index in [1.807, 2.05) is 0 Å². The monoisotopic (exact) mass is 323 g/mol. The lowest BCUT2D eigenvalue weighted by atomic mass is 10.1. The van der Waals surface area contributed by atoms with E-state index in [4.69, 9.17) is 0 Å². The molecule has 3 nitrogen and oxygen atoms in total. The highest BCUT2D eigenvalue weighted by Gasteiger charge is 2.16. The summed E-state index contributed by atoms with van der Waals surface area (Å²) >= 11 is 3.26. The molecule has 1 atom stereocenters. The molecule has 0 heterocycles. The Morgan fingerprint density at radius 2 is 2.12 bits per heavy atom. The topological polar surface area (TPSA) is 46.2 Å². The van der Waals surface area contributed by atoms with E-state index in [0.29, 0.717) is 12.0 Å². The first kappa shape index (κ1) is 14.6. The number of nitrogens with one attached hydrogen (secondary N) is 1. The van der Waals surface area contributed by atoms with Crippen LogP contribution < -0.4 is 5.32 Å². The van der Waals surface area contributed by atoms with Crippen LogP contribution in [0.25, 0.3) is 0 Å². The molecule has 0 saturated carbocycles. The van der Waals surface area contributed by atoms with Gasteiger partial charge in [-0.05, 0) is 37.2 Å². The number of hydrogen-bond acceptors (Lipinski definition) is 3. The van der Waals surface area contributed by atoms with Crippen LogP contribution >= 0.6 is 15.9 Å². The Bertz CT molecular complexity index is 490. The van der Waals surface area contributed by atoms with Crippen molar-refractivity contribution >= 4 is 25.8 Å². The molecule has 0 bridgehead atoms. The first-order chi connectivity index (χ1) is 7.81. The van der Waals surface area contributed by atoms with Crippen LogP contribution in [-0.4, -0.2) is 33.5 Å². The van der Waals surface area contributed by atoms with E-state index < -0.39 is 9.84 Å². The Kier molecular flexibility index (Phi) is 5.09. The summed E-state index contributed by atoms with van der Waals surface area (Å²) in [5.74, 6) is -0.322. The molecule has 96 valence electrons. The van der Waals surface area contributed by atoms with Crippen molar-refractivity contribution in [3.8, 4) is 0 Å². The molecule has 0 radical (unpaired) electrons. The second kappa shape index (κ2) is 5.93. The highest BCUT2D eigenvalue weighted by atomic mass is 79.9. The summed E-state index contributed by atoms with van der Waals surface area (Å²) in [4.78, 5) is 0. The average Bonchev–Trinajstić information content (AvgIpc) is 2.20. The van der Waals surface area contributed by atoms with Crippen molar-refractivity contribution in [1.29, 1.82) is 0 Å². The largest absolute Gasteiger partial charge is 0.316 e. The molecule has 6 heteroatoms. The van der Waals surface area contributed by atoms with Crippen LogP contribution in [0.15, 0.2) is 22.7 Å². The summed E-state index contributed by atoms with van der Waals surface area (Å²) in [7, 11) is -1.40. The zero-order chi connectivity index (χ0) is 13.1. The van der Waals surface area contributed by atoms with Crippen molar-refractivity contribution < 1.29 is 12.8 Å². The van der Waals surface area contributed by atoms with Crippen LogP contribution in [0.4, 0.5) is 4.39 Å². The lowest BCUT2D eigenvalue weighted by molar-refractivity contribution is 0.548. The summed E-state index contributed by atoms with van der Waals surface area (Å²) in [6, 6.07) is 4.37. The fourth-order valence-corrected chi connectivity index (χ4v) is 3.00. The first-order valence-corrected chi connectivity index (χ1v) is 7.96. The lowest BCUT2D eigenvalue weighted by Gasteiger charge is -2.15. The molecule has 0 amide bonds. The Labute approximate surface area is 109 Å². The smallest absolute Gasteiger partial charge is 0.148 e. The Balaban J connectivity index is 2.84. The van der Waals surface area contributed by atoms with E-state index in [1.54, 1.807) is 19.2 Å². The molecule has 0 spiro atoms. The quantitative estimate of drug-likeness (QED) is 0.898. The maximum absolute atomic E-state index is 13.5. The summed E-state index contributed by atoms with van der Waals surface area (Å²) < 4.78 is 36.7. The zero-order valence-corrected chi connectivity index (χ0v) is 12.1. The fraction of sp³-hybridized carbons (Fsp3) is 0.455. The molecule has 1 rings (SSSR count). The number of benzene rings is 1. The van der Waals surface area contributed by atoms with Gasteiger partial charge in [-0.15, -0.1) is 0 Å². The van der Waals surface area contributed by atoms with Crippen molar-refractivity contribution in [2.75, 3.05) is 19.1 Å². The van der Waals surface area contributed by atoms with Gasteiger partial charge >= 0.3 is 0 Å². The Hall–Kier alpha value is -0.460. The molecule has 1 N–H and O–H groups in total. The van der Waals surface area contributed by atoms with Gasteiger partial charge in [-0.25, -0.2) is 12.8 Å². The molecule has 0 aliphatic rings. The summed E-state index contributed by atoms with van der Waals surface area (Å²) in [5, 5.41) is 2.89. The maximum Gasteiger partial charge on any atom is 0.148 e. The molecule has 1 aromatic rings. The predicted molar refractivity (Wildman–Crippen MR) is 70.4 cm³/mol. The van der Waals surface area contributed by atoms with Crippen molar-refractivity contribution in [3.63, 3.8) is 0 Å². The molecule has 0 saturated heterocycles. The predicted octanol–water partition coefficient (Wildman–Crippen LogP) is 1.76. The van der Waals surface area contributed by atoms with E-state index in [2.05, 4.69) is 21.2 Å². The van der Waals surface area contributed by atoms with Crippen molar-refractivity contribution in [2.45, 2.75) is 12.5 Å². The lowest BCUT2D eigenvalue weighted by Crippen LogP contribution is -2.34. The van der Waals surface area contributed by atoms with E-state index in [0.717, 1.165) is 4.47 Å². The van der Waals surface area contributed by atoms with Gasteiger partial charge in [0.15, 0.2) is 0 Å². The zero-order valence-electron chi connectivity index (χ0n) is 9.70. The number of sulfone groups is 1. The van der Waals surface area contributed by atoms with Gasteiger partial charge < -0.3 is 5.32 Å². The van der Waals surface area contributed by atoms with E-state index in [1.165, 1.54) is 12.3 Å². The van der Waals surface area contributed by atoms with E-state index in [-0.39, 0.29) is 17.6 Å². The number of halogens is 2. The third kappa shape index (κ3) is 5.14. The standard InChI is InChI=1S/C11H15BrFNO2S/c1-14-10(7-17(2,15)16)6-8-5-9(12)3-4-11(8)13/h3-5,10,14H,6-7H2,1-2H3. The Morgan fingerprint density at radius 1 is 1.47 bits per heavy atom. The van der Waals surface area contributed by atoms with Crippen LogP contribution in [0.3, 0.4) is 0 Å². The fourth-order valence-electron chi connectivity index (χ4n) is 1.57. The van der Waals surface area contributed by atoms with Gasteiger partial charge in [0.25, 0.3) is 0 Å². The molecule has 1 unspecified atom stereocenters. The minimum atomic E-state index is -3.08. The number of likely N-dealkylation sites (N-methyl/N-ethyl adjacent to an activating group) is 1. The molecule has 0 aliphatic heterocycles. The van der Waals surface area contributed by atoms with Gasteiger partial charge in [0.2, 0.25) is 0 Å². The van der Waals surface area contributed by atoms with E-state index in [9.17, 15) is 12.8 Å². The molecular formula is C11H15BrFNO2S. The molecule has 1 aromatic carbocycles. The first-order valence-electron chi connectivity index (χ1n) is 5.10. The van der Waals surface area contributed by atoms with Crippen molar-refractivity contribution in [2.24, 2.45) is 0 Å². The molecule has 0 aliphatic carbocycles. The van der Waals surface area contributed by atoms with Gasteiger partial charge in [0.05, 0.1) is 5.75 Å². The molecular weight excluding hydrogens is 309 g/mol. The SMILES string of the molecule is CNC(Cc1cc(Br)ccc1F)CS(C)(=O)=O.